The number of nitrogens with one attached hydrogen (secondary N) is 1. The van der Waals surface area contributed by atoms with Crippen molar-refractivity contribution in [2.45, 2.75) is 45.6 Å². The molecule has 0 spiro atoms. The van der Waals surface area contributed by atoms with E-state index in [-0.39, 0.29) is 0 Å². The normalized spacial score (nSPS) is 28.6. The topological polar surface area (TPSA) is 52.7 Å². The van der Waals surface area contributed by atoms with Gasteiger partial charge < -0.3 is 5.32 Å². The molecule has 0 radical (unpaired) electrons. The van der Waals surface area contributed by atoms with Gasteiger partial charge in [0.15, 0.2) is 0 Å². The van der Waals surface area contributed by atoms with Crippen molar-refractivity contribution in [3.05, 3.63) is 0 Å². The zero-order valence-corrected chi connectivity index (χ0v) is 13.0. The van der Waals surface area contributed by atoms with Crippen molar-refractivity contribution in [2.75, 3.05) is 32.7 Å². The van der Waals surface area contributed by atoms with Gasteiger partial charge in [-0.15, -0.1) is 0 Å². The molecule has 19 heavy (non-hydrogen) atoms. The summed E-state index contributed by atoms with van der Waals surface area (Å²) in [5.74, 6) is 0.655. The minimum Gasteiger partial charge on any atom is -0.313 e. The van der Waals surface area contributed by atoms with Crippen LogP contribution in [0.4, 0.5) is 0 Å². The predicted molar refractivity (Wildman–Crippen MR) is 77.2 cm³/mol. The van der Waals surface area contributed by atoms with Gasteiger partial charge in [-0.05, 0) is 38.1 Å². The van der Waals surface area contributed by atoms with Crippen LogP contribution in [0, 0.1) is 5.92 Å². The molecule has 2 heterocycles. The molecule has 112 valence electrons. The first-order chi connectivity index (χ1) is 9.04. The van der Waals surface area contributed by atoms with Crippen molar-refractivity contribution >= 4 is 10.2 Å². The van der Waals surface area contributed by atoms with Crippen LogP contribution < -0.4 is 5.32 Å². The van der Waals surface area contributed by atoms with Gasteiger partial charge in [0.1, 0.15) is 0 Å². The number of nitrogens with zero attached hydrogens (tertiary/aromatic N) is 2. The molecule has 5 nitrogen and oxygen atoms in total. The molecule has 1 N–H and O–H groups in total. The summed E-state index contributed by atoms with van der Waals surface area (Å²) in [5.41, 5.74) is 0. The van der Waals surface area contributed by atoms with Gasteiger partial charge in [0, 0.05) is 32.2 Å². The third-order valence-corrected chi connectivity index (χ3v) is 6.27. The monoisotopic (exact) mass is 289 g/mol. The van der Waals surface area contributed by atoms with E-state index in [0.717, 1.165) is 32.2 Å². The van der Waals surface area contributed by atoms with Crippen molar-refractivity contribution in [1.29, 1.82) is 0 Å². The highest BCUT2D eigenvalue weighted by atomic mass is 32.2. The highest BCUT2D eigenvalue weighted by Gasteiger charge is 2.34. The zero-order valence-electron chi connectivity index (χ0n) is 12.1. The van der Waals surface area contributed by atoms with Crippen LogP contribution in [0.2, 0.25) is 0 Å². The Morgan fingerprint density at radius 3 is 2.42 bits per heavy atom. The molecule has 6 heteroatoms. The molecule has 2 fully saturated rings. The SMILES string of the molecule is CCNC1CCCN(S(=O)(=O)N2CCC(C)CC2)C1. The Labute approximate surface area is 117 Å². The van der Waals surface area contributed by atoms with Crippen LogP contribution in [0.25, 0.3) is 0 Å². The van der Waals surface area contributed by atoms with E-state index in [1.54, 1.807) is 8.61 Å². The molecule has 0 aromatic carbocycles. The summed E-state index contributed by atoms with van der Waals surface area (Å²) in [6.07, 6.45) is 4.02. The second-order valence-electron chi connectivity index (χ2n) is 5.84. The summed E-state index contributed by atoms with van der Waals surface area (Å²) >= 11 is 0. The Kier molecular flexibility index (Phi) is 5.22. The van der Waals surface area contributed by atoms with Crippen molar-refractivity contribution in [3.8, 4) is 0 Å². The molecule has 0 bridgehead atoms. The largest absolute Gasteiger partial charge is 0.313 e. The Hall–Kier alpha value is -0.170. The Balaban J connectivity index is 1.98. The predicted octanol–water partition coefficient (Wildman–Crippen LogP) is 1.04. The fraction of sp³-hybridized carbons (Fsp3) is 1.00. The van der Waals surface area contributed by atoms with Gasteiger partial charge in [0.05, 0.1) is 0 Å². The van der Waals surface area contributed by atoms with Gasteiger partial charge in [-0.1, -0.05) is 13.8 Å². The molecule has 0 saturated carbocycles. The lowest BCUT2D eigenvalue weighted by atomic mass is 10.0. The van der Waals surface area contributed by atoms with Crippen LogP contribution in [0.5, 0.6) is 0 Å². The molecule has 2 aliphatic heterocycles. The average molecular weight is 289 g/mol. The summed E-state index contributed by atoms with van der Waals surface area (Å²) in [5, 5.41) is 3.37. The highest BCUT2D eigenvalue weighted by Crippen LogP contribution is 2.23. The van der Waals surface area contributed by atoms with E-state index in [1.165, 1.54) is 0 Å². The zero-order chi connectivity index (χ0) is 13.9. The first-order valence-corrected chi connectivity index (χ1v) is 8.92. The van der Waals surface area contributed by atoms with E-state index in [0.29, 0.717) is 38.1 Å². The lowest BCUT2D eigenvalue weighted by Crippen LogP contribution is -2.53. The number of rotatable bonds is 4. The lowest BCUT2D eigenvalue weighted by molar-refractivity contribution is 0.236. The fourth-order valence-corrected chi connectivity index (χ4v) is 4.71. The smallest absolute Gasteiger partial charge is 0.282 e. The number of likely N-dealkylation sites (N-methyl/N-ethyl adjacent to an activating group) is 1. The highest BCUT2D eigenvalue weighted by molar-refractivity contribution is 7.86. The molecular formula is C13H27N3O2S. The summed E-state index contributed by atoms with van der Waals surface area (Å²) in [6, 6.07) is 0.317. The van der Waals surface area contributed by atoms with Crippen LogP contribution in [-0.2, 0) is 10.2 Å². The number of hydrogen-bond acceptors (Lipinski definition) is 3. The molecule has 0 aliphatic carbocycles. The summed E-state index contributed by atoms with van der Waals surface area (Å²) < 4.78 is 28.6. The molecule has 2 aliphatic rings. The third kappa shape index (κ3) is 3.68. The van der Waals surface area contributed by atoms with Crippen LogP contribution in [0.1, 0.15) is 39.5 Å². The van der Waals surface area contributed by atoms with Gasteiger partial charge in [0.2, 0.25) is 0 Å². The van der Waals surface area contributed by atoms with E-state index >= 15 is 0 Å². The second kappa shape index (κ2) is 6.52. The maximum absolute atomic E-state index is 12.6. The minimum absolute atomic E-state index is 0.317. The summed E-state index contributed by atoms with van der Waals surface area (Å²) in [4.78, 5) is 0. The van der Waals surface area contributed by atoms with Gasteiger partial charge in [-0.3, -0.25) is 0 Å². The maximum Gasteiger partial charge on any atom is 0.282 e. The van der Waals surface area contributed by atoms with Gasteiger partial charge in [-0.2, -0.15) is 17.0 Å². The Morgan fingerprint density at radius 1 is 1.11 bits per heavy atom. The van der Waals surface area contributed by atoms with E-state index in [9.17, 15) is 8.42 Å². The van der Waals surface area contributed by atoms with E-state index < -0.39 is 10.2 Å². The van der Waals surface area contributed by atoms with Crippen LogP contribution in [-0.4, -0.2) is 55.8 Å². The quantitative estimate of drug-likeness (QED) is 0.841. The van der Waals surface area contributed by atoms with Crippen molar-refractivity contribution < 1.29 is 8.42 Å². The van der Waals surface area contributed by atoms with E-state index in [4.69, 9.17) is 0 Å². The molecule has 2 rings (SSSR count). The van der Waals surface area contributed by atoms with Crippen molar-refractivity contribution in [2.24, 2.45) is 5.92 Å². The lowest BCUT2D eigenvalue weighted by Gasteiger charge is -2.37. The molecule has 0 aromatic heterocycles. The number of hydrogen-bond donors (Lipinski definition) is 1. The van der Waals surface area contributed by atoms with E-state index in [2.05, 4.69) is 19.2 Å². The van der Waals surface area contributed by atoms with Crippen molar-refractivity contribution in [3.63, 3.8) is 0 Å². The molecule has 2 saturated heterocycles. The number of piperidine rings is 2. The van der Waals surface area contributed by atoms with Gasteiger partial charge in [0.25, 0.3) is 10.2 Å². The van der Waals surface area contributed by atoms with Crippen LogP contribution in [0.3, 0.4) is 0 Å². The van der Waals surface area contributed by atoms with E-state index in [1.807, 2.05) is 0 Å². The van der Waals surface area contributed by atoms with Gasteiger partial charge >= 0.3 is 0 Å². The summed E-state index contributed by atoms with van der Waals surface area (Å²) in [7, 11) is -3.23. The standard InChI is InChI=1S/C13H27N3O2S/c1-3-14-13-5-4-8-16(11-13)19(17,18)15-9-6-12(2)7-10-15/h12-14H,3-11H2,1-2H3. The molecular weight excluding hydrogens is 262 g/mol. The van der Waals surface area contributed by atoms with Crippen LogP contribution >= 0.6 is 0 Å². The second-order valence-corrected chi connectivity index (χ2v) is 7.77. The Bertz CT molecular complexity index is 375. The van der Waals surface area contributed by atoms with Crippen LogP contribution in [0.15, 0.2) is 0 Å². The van der Waals surface area contributed by atoms with Gasteiger partial charge in [-0.25, -0.2) is 0 Å². The summed E-state index contributed by atoms with van der Waals surface area (Å²) in [6.45, 7) is 7.85. The fourth-order valence-electron chi connectivity index (χ4n) is 2.99. The molecule has 0 amide bonds. The maximum atomic E-state index is 12.6. The molecule has 0 aromatic rings. The first kappa shape index (κ1) is 15.2. The minimum atomic E-state index is -3.23. The Morgan fingerprint density at radius 2 is 1.79 bits per heavy atom. The molecule has 1 atom stereocenters. The average Bonchev–Trinajstić information content (AvgIpc) is 2.40. The first-order valence-electron chi connectivity index (χ1n) is 7.52. The van der Waals surface area contributed by atoms with Crippen molar-refractivity contribution in [1.82, 2.24) is 13.9 Å². The third-order valence-electron chi connectivity index (χ3n) is 4.27. The molecule has 1 unspecified atom stereocenters.